The highest BCUT2D eigenvalue weighted by molar-refractivity contribution is 5.85. The second-order valence-electron chi connectivity index (χ2n) is 3.49. The number of hydrogen-bond donors (Lipinski definition) is 3. The van der Waals surface area contributed by atoms with Crippen LogP contribution < -0.4 is 5.73 Å². The van der Waals surface area contributed by atoms with Crippen LogP contribution in [0.3, 0.4) is 0 Å². The van der Waals surface area contributed by atoms with E-state index in [1.165, 1.54) is 0 Å². The quantitative estimate of drug-likeness (QED) is 0.637. The van der Waals surface area contributed by atoms with E-state index in [2.05, 4.69) is 0 Å². The molecule has 1 fully saturated rings. The lowest BCUT2D eigenvalue weighted by Crippen LogP contribution is -2.36. The van der Waals surface area contributed by atoms with Crippen molar-refractivity contribution in [2.24, 2.45) is 17.1 Å². The second-order valence-corrected chi connectivity index (χ2v) is 3.49. The van der Waals surface area contributed by atoms with Crippen LogP contribution in [-0.2, 0) is 9.59 Å². The van der Waals surface area contributed by atoms with Crippen LogP contribution in [0.25, 0.3) is 0 Å². The molecular formula is C8H14ClNO4. The number of halogens is 1. The van der Waals surface area contributed by atoms with Gasteiger partial charge >= 0.3 is 11.9 Å². The Bertz CT molecular complexity index is 258. The molecule has 0 bridgehead atoms. The first kappa shape index (κ1) is 13.2. The van der Waals surface area contributed by atoms with Crippen molar-refractivity contribution >= 4 is 24.3 Å². The van der Waals surface area contributed by atoms with Gasteiger partial charge in [-0.3, -0.25) is 9.59 Å². The van der Waals surface area contributed by atoms with E-state index in [1.807, 2.05) is 0 Å². The van der Waals surface area contributed by atoms with E-state index in [1.54, 1.807) is 6.92 Å². The van der Waals surface area contributed by atoms with Gasteiger partial charge in [0, 0.05) is 5.92 Å². The molecule has 0 saturated heterocycles. The van der Waals surface area contributed by atoms with E-state index < -0.39 is 29.3 Å². The smallest absolute Gasteiger partial charge is 0.320 e. The van der Waals surface area contributed by atoms with Crippen LogP contribution >= 0.6 is 12.4 Å². The predicted octanol–water partition coefficient (Wildman–Crippen LogP) is 0.321. The van der Waals surface area contributed by atoms with Crippen molar-refractivity contribution < 1.29 is 19.8 Å². The summed E-state index contributed by atoms with van der Waals surface area (Å²) in [6.45, 7) is 1.74. The van der Waals surface area contributed by atoms with Crippen molar-refractivity contribution in [3.05, 3.63) is 0 Å². The van der Waals surface area contributed by atoms with Gasteiger partial charge < -0.3 is 15.9 Å². The minimum atomic E-state index is -1.12. The molecule has 1 aliphatic carbocycles. The average Bonchev–Trinajstić information content (AvgIpc) is 2.78. The Balaban J connectivity index is 0.00000169. The van der Waals surface area contributed by atoms with Crippen molar-refractivity contribution in [1.29, 1.82) is 0 Å². The summed E-state index contributed by atoms with van der Waals surface area (Å²) in [7, 11) is 0. The van der Waals surface area contributed by atoms with Gasteiger partial charge in [-0.25, -0.2) is 0 Å². The predicted molar refractivity (Wildman–Crippen MR) is 51.3 cm³/mol. The SMILES string of the molecule is CC[C@@]1(C(=O)O)C[C@H]1[C@H](N)C(=O)O.Cl. The number of nitrogens with two attached hydrogens (primary N) is 1. The van der Waals surface area contributed by atoms with Crippen LogP contribution in [0.15, 0.2) is 0 Å². The van der Waals surface area contributed by atoms with Gasteiger partial charge in [-0.05, 0) is 12.8 Å². The number of carboxylic acid groups (broad SMARTS) is 2. The normalized spacial score (nSPS) is 31.4. The summed E-state index contributed by atoms with van der Waals surface area (Å²) in [6, 6.07) is -1.05. The Hall–Kier alpha value is -0.810. The van der Waals surface area contributed by atoms with Gasteiger partial charge in [0.15, 0.2) is 0 Å². The maximum atomic E-state index is 10.8. The Kier molecular flexibility index (Phi) is 3.91. The summed E-state index contributed by atoms with van der Waals surface area (Å²) in [4.78, 5) is 21.3. The van der Waals surface area contributed by atoms with E-state index in [4.69, 9.17) is 15.9 Å². The fourth-order valence-corrected chi connectivity index (χ4v) is 1.78. The Morgan fingerprint density at radius 3 is 2.29 bits per heavy atom. The largest absolute Gasteiger partial charge is 0.481 e. The van der Waals surface area contributed by atoms with E-state index in [9.17, 15) is 9.59 Å². The third kappa shape index (κ3) is 1.83. The van der Waals surface area contributed by atoms with E-state index >= 15 is 0 Å². The van der Waals surface area contributed by atoms with E-state index in [0.29, 0.717) is 12.8 Å². The Morgan fingerprint density at radius 1 is 1.57 bits per heavy atom. The molecule has 0 amide bonds. The summed E-state index contributed by atoms with van der Waals surface area (Å²) < 4.78 is 0. The van der Waals surface area contributed by atoms with Gasteiger partial charge in [-0.15, -0.1) is 12.4 Å². The third-order valence-electron chi connectivity index (χ3n) is 2.91. The van der Waals surface area contributed by atoms with Crippen LogP contribution in [0.2, 0.25) is 0 Å². The first-order valence-corrected chi connectivity index (χ1v) is 4.17. The number of hydrogen-bond acceptors (Lipinski definition) is 3. The van der Waals surface area contributed by atoms with E-state index in [0.717, 1.165) is 0 Å². The molecule has 82 valence electrons. The molecule has 6 heteroatoms. The molecule has 1 rings (SSSR count). The average molecular weight is 224 g/mol. The van der Waals surface area contributed by atoms with Gasteiger partial charge in [-0.2, -0.15) is 0 Å². The van der Waals surface area contributed by atoms with Gasteiger partial charge in [0.05, 0.1) is 5.41 Å². The molecule has 1 saturated carbocycles. The molecule has 0 radical (unpaired) electrons. The first-order valence-electron chi connectivity index (χ1n) is 4.17. The summed E-state index contributed by atoms with van der Waals surface area (Å²) in [5, 5.41) is 17.4. The van der Waals surface area contributed by atoms with Crippen molar-refractivity contribution in [3.8, 4) is 0 Å². The lowest BCUT2D eigenvalue weighted by Gasteiger charge is -2.11. The Labute approximate surface area is 87.7 Å². The van der Waals surface area contributed by atoms with Gasteiger partial charge in [0.25, 0.3) is 0 Å². The zero-order valence-corrected chi connectivity index (χ0v) is 8.58. The summed E-state index contributed by atoms with van der Waals surface area (Å²) in [6.07, 6.45) is 0.820. The maximum Gasteiger partial charge on any atom is 0.320 e. The molecule has 0 aromatic rings. The van der Waals surface area contributed by atoms with Crippen LogP contribution in [-0.4, -0.2) is 28.2 Å². The number of carboxylic acids is 2. The van der Waals surface area contributed by atoms with Crippen LogP contribution in [0.1, 0.15) is 19.8 Å². The molecule has 0 aliphatic heterocycles. The van der Waals surface area contributed by atoms with Crippen molar-refractivity contribution in [2.45, 2.75) is 25.8 Å². The van der Waals surface area contributed by atoms with Crippen LogP contribution in [0.4, 0.5) is 0 Å². The molecule has 3 atom stereocenters. The molecule has 0 spiro atoms. The molecule has 0 aromatic heterocycles. The summed E-state index contributed by atoms with van der Waals surface area (Å²) in [5.74, 6) is -2.47. The topological polar surface area (TPSA) is 101 Å². The van der Waals surface area contributed by atoms with Crippen molar-refractivity contribution in [1.82, 2.24) is 0 Å². The molecular weight excluding hydrogens is 210 g/mol. The molecule has 0 unspecified atom stereocenters. The van der Waals surface area contributed by atoms with Crippen molar-refractivity contribution in [3.63, 3.8) is 0 Å². The Morgan fingerprint density at radius 2 is 2.07 bits per heavy atom. The molecule has 4 N–H and O–H groups in total. The van der Waals surface area contributed by atoms with Gasteiger partial charge in [-0.1, -0.05) is 6.92 Å². The van der Waals surface area contributed by atoms with Crippen LogP contribution in [0, 0.1) is 11.3 Å². The zero-order chi connectivity index (χ0) is 10.2. The highest BCUT2D eigenvalue weighted by Crippen LogP contribution is 2.56. The standard InChI is InChI=1S/C8H13NO4.ClH/c1-2-8(7(12)13)3-4(8)5(9)6(10)11;/h4-5H,2-3,9H2,1H3,(H,10,11)(H,12,13);1H/t4-,5-,8+;/m0./s1. The highest BCUT2D eigenvalue weighted by Gasteiger charge is 2.62. The van der Waals surface area contributed by atoms with Gasteiger partial charge in [0.1, 0.15) is 6.04 Å². The maximum absolute atomic E-state index is 10.8. The molecule has 1 aliphatic rings. The van der Waals surface area contributed by atoms with Crippen molar-refractivity contribution in [2.75, 3.05) is 0 Å². The monoisotopic (exact) mass is 223 g/mol. The summed E-state index contributed by atoms with van der Waals surface area (Å²) in [5.41, 5.74) is 4.47. The number of rotatable bonds is 4. The number of aliphatic carboxylic acids is 2. The molecule has 0 aromatic carbocycles. The fraction of sp³-hybridized carbons (Fsp3) is 0.750. The summed E-state index contributed by atoms with van der Waals surface area (Å²) >= 11 is 0. The fourth-order valence-electron chi connectivity index (χ4n) is 1.78. The minimum Gasteiger partial charge on any atom is -0.481 e. The van der Waals surface area contributed by atoms with Crippen LogP contribution in [0.5, 0.6) is 0 Å². The van der Waals surface area contributed by atoms with E-state index in [-0.39, 0.29) is 12.4 Å². The van der Waals surface area contributed by atoms with Gasteiger partial charge in [0.2, 0.25) is 0 Å². The number of carbonyl (C=O) groups is 2. The molecule has 0 heterocycles. The second kappa shape index (κ2) is 4.14. The molecule has 14 heavy (non-hydrogen) atoms. The minimum absolute atomic E-state index is 0. The lowest BCUT2D eigenvalue weighted by atomic mass is 9.97. The first-order chi connectivity index (χ1) is 5.95. The molecule has 5 nitrogen and oxygen atoms in total. The lowest BCUT2D eigenvalue weighted by molar-refractivity contribution is -0.145. The highest BCUT2D eigenvalue weighted by atomic mass is 35.5. The zero-order valence-electron chi connectivity index (χ0n) is 7.77. The third-order valence-corrected chi connectivity index (χ3v) is 2.91.